The average Bonchev–Trinajstić information content (AvgIpc) is 2.57. The molecule has 0 aliphatic rings. The summed E-state index contributed by atoms with van der Waals surface area (Å²) in [6.07, 6.45) is 5.14. The molecule has 2 nitrogen and oxygen atoms in total. The molecule has 0 saturated carbocycles. The molecule has 0 atom stereocenters. The molecule has 1 aromatic heterocycles. The van der Waals surface area contributed by atoms with Crippen LogP contribution in [-0.2, 0) is 11.5 Å². The van der Waals surface area contributed by atoms with E-state index in [4.69, 9.17) is 11.2 Å². The summed E-state index contributed by atoms with van der Waals surface area (Å²) in [5.41, 5.74) is 1.29. The maximum absolute atomic E-state index is 5.35. The Bertz CT molecular complexity index is 510. The van der Waals surface area contributed by atoms with E-state index in [9.17, 15) is 0 Å². The summed E-state index contributed by atoms with van der Waals surface area (Å²) in [6, 6.07) is 8.50. The predicted molar refractivity (Wildman–Crippen MR) is 60.6 cm³/mol. The van der Waals surface area contributed by atoms with Gasteiger partial charge in [0, 0.05) is 0 Å². The van der Waals surface area contributed by atoms with E-state index >= 15 is 0 Å². The van der Waals surface area contributed by atoms with E-state index < -0.39 is 0 Å². The normalized spacial score (nSPS) is 10.4. The molecule has 0 radical (unpaired) electrons. The van der Waals surface area contributed by atoms with Crippen molar-refractivity contribution in [1.82, 2.24) is 0 Å². The molecule has 0 fully saturated rings. The third-order valence-electron chi connectivity index (χ3n) is 2.25. The van der Waals surface area contributed by atoms with E-state index in [0.29, 0.717) is 28.1 Å². The number of benzene rings is 1. The Morgan fingerprint density at radius 1 is 1.47 bits per heavy atom. The number of rotatable bonds is 3. The molecule has 1 heterocycles. The third kappa shape index (κ3) is 2.13. The standard InChI is InChI=1S/C12H12NOSe/c1-3-8-14-9-13-10(2)11-6-4-5-7-12(11)15-13/h1,4-7H,8-9H2,2H3/q+1. The van der Waals surface area contributed by atoms with Gasteiger partial charge in [-0.1, -0.05) is 0 Å². The van der Waals surface area contributed by atoms with Gasteiger partial charge >= 0.3 is 95.2 Å². The van der Waals surface area contributed by atoms with Gasteiger partial charge in [0.25, 0.3) is 0 Å². The second-order valence-electron chi connectivity index (χ2n) is 3.23. The summed E-state index contributed by atoms with van der Waals surface area (Å²) >= 11 is 0.343. The summed E-state index contributed by atoms with van der Waals surface area (Å²) in [5, 5.41) is 1.35. The fourth-order valence-corrected chi connectivity index (χ4v) is 3.69. The SMILES string of the molecule is C#CCOC[n+]1[se]c2ccccc2c1C. The van der Waals surface area contributed by atoms with Gasteiger partial charge in [-0.3, -0.25) is 0 Å². The Hall–Kier alpha value is -1.07. The molecular weight excluding hydrogens is 253 g/mol. The molecule has 76 valence electrons. The van der Waals surface area contributed by atoms with E-state index in [1.165, 1.54) is 15.3 Å². The summed E-state index contributed by atoms with van der Waals surface area (Å²) in [5.74, 6) is 2.48. The fraction of sp³-hybridized carbons (Fsp3) is 0.250. The molecule has 0 unspecified atom stereocenters. The van der Waals surface area contributed by atoms with Crippen LogP contribution < -0.4 is 3.56 Å². The number of hydrogen-bond donors (Lipinski definition) is 0. The second kappa shape index (κ2) is 4.63. The Labute approximate surface area is 95.5 Å². The van der Waals surface area contributed by atoms with Crippen molar-refractivity contribution in [2.75, 3.05) is 6.61 Å². The van der Waals surface area contributed by atoms with Gasteiger partial charge in [-0.25, -0.2) is 0 Å². The summed E-state index contributed by atoms with van der Waals surface area (Å²) in [6.45, 7) is 3.12. The molecule has 0 amide bonds. The van der Waals surface area contributed by atoms with Crippen LogP contribution in [0.15, 0.2) is 24.3 Å². The van der Waals surface area contributed by atoms with E-state index in [1.54, 1.807) is 0 Å². The van der Waals surface area contributed by atoms with Crippen molar-refractivity contribution in [3.63, 3.8) is 0 Å². The van der Waals surface area contributed by atoms with Crippen molar-refractivity contribution in [3.8, 4) is 12.3 Å². The second-order valence-corrected chi connectivity index (χ2v) is 5.46. The quantitative estimate of drug-likeness (QED) is 0.460. The van der Waals surface area contributed by atoms with Crippen LogP contribution >= 0.6 is 0 Å². The predicted octanol–water partition coefficient (Wildman–Crippen LogP) is 1.10. The molecule has 2 rings (SSSR count). The van der Waals surface area contributed by atoms with E-state index in [1.807, 2.05) is 0 Å². The Kier molecular flexibility index (Phi) is 3.23. The van der Waals surface area contributed by atoms with Crippen molar-refractivity contribution in [2.24, 2.45) is 0 Å². The van der Waals surface area contributed by atoms with Crippen LogP contribution in [0.5, 0.6) is 0 Å². The molecule has 15 heavy (non-hydrogen) atoms. The summed E-state index contributed by atoms with van der Waals surface area (Å²) in [4.78, 5) is 0. The van der Waals surface area contributed by atoms with Crippen LogP contribution in [0.25, 0.3) is 9.65 Å². The molecule has 0 N–H and O–H groups in total. The van der Waals surface area contributed by atoms with Gasteiger partial charge < -0.3 is 0 Å². The minimum absolute atomic E-state index is 0.343. The van der Waals surface area contributed by atoms with Gasteiger partial charge in [-0.2, -0.15) is 0 Å². The Balaban J connectivity index is 2.29. The van der Waals surface area contributed by atoms with Gasteiger partial charge in [-0.05, 0) is 0 Å². The van der Waals surface area contributed by atoms with E-state index in [-0.39, 0.29) is 0 Å². The van der Waals surface area contributed by atoms with Crippen LogP contribution in [0.4, 0.5) is 0 Å². The molecule has 0 aliphatic carbocycles. The number of aromatic nitrogens is 1. The van der Waals surface area contributed by atoms with E-state index in [0.717, 1.165) is 0 Å². The number of hydrogen-bond acceptors (Lipinski definition) is 1. The Morgan fingerprint density at radius 3 is 3.00 bits per heavy atom. The van der Waals surface area contributed by atoms with Crippen LogP contribution in [0, 0.1) is 19.3 Å². The first-order chi connectivity index (χ1) is 7.33. The van der Waals surface area contributed by atoms with Crippen LogP contribution in [0.2, 0.25) is 0 Å². The van der Waals surface area contributed by atoms with Crippen molar-refractivity contribution in [1.29, 1.82) is 0 Å². The van der Waals surface area contributed by atoms with E-state index in [2.05, 4.69) is 40.7 Å². The zero-order chi connectivity index (χ0) is 10.7. The monoisotopic (exact) mass is 266 g/mol. The van der Waals surface area contributed by atoms with Crippen molar-refractivity contribution >= 4 is 24.4 Å². The van der Waals surface area contributed by atoms with Crippen LogP contribution in [-0.4, -0.2) is 21.3 Å². The van der Waals surface area contributed by atoms with Gasteiger partial charge in [0.05, 0.1) is 0 Å². The first kappa shape index (κ1) is 10.4. The van der Waals surface area contributed by atoms with Gasteiger partial charge in [0.1, 0.15) is 0 Å². The van der Waals surface area contributed by atoms with Crippen LogP contribution in [0.3, 0.4) is 0 Å². The molecule has 0 aliphatic heterocycles. The number of ether oxygens (including phenoxy) is 1. The number of terminal acetylenes is 1. The molecule has 3 heteroatoms. The van der Waals surface area contributed by atoms with Crippen molar-refractivity contribution in [2.45, 2.75) is 13.7 Å². The van der Waals surface area contributed by atoms with Crippen molar-refractivity contribution < 1.29 is 8.30 Å². The van der Waals surface area contributed by atoms with Gasteiger partial charge in [0.2, 0.25) is 0 Å². The number of nitrogens with zero attached hydrogens (tertiary/aromatic N) is 1. The summed E-state index contributed by atoms with van der Waals surface area (Å²) < 4.78 is 9.03. The van der Waals surface area contributed by atoms with Gasteiger partial charge in [-0.15, -0.1) is 0 Å². The van der Waals surface area contributed by atoms with Gasteiger partial charge in [0.15, 0.2) is 0 Å². The minimum atomic E-state index is 0.343. The first-order valence-corrected chi connectivity index (χ1v) is 6.35. The molecule has 0 bridgehead atoms. The number of fused-ring (bicyclic) bond motifs is 1. The molecular formula is C12H12NOSe+. The average molecular weight is 265 g/mol. The summed E-state index contributed by atoms with van der Waals surface area (Å²) in [7, 11) is 0. The van der Waals surface area contributed by atoms with Crippen LogP contribution in [0.1, 0.15) is 5.69 Å². The molecule has 0 spiro atoms. The maximum atomic E-state index is 5.35. The van der Waals surface area contributed by atoms with Crippen molar-refractivity contribution in [3.05, 3.63) is 30.0 Å². The molecule has 1 aromatic carbocycles. The third-order valence-corrected chi connectivity index (χ3v) is 4.67. The topological polar surface area (TPSA) is 13.1 Å². The zero-order valence-electron chi connectivity index (χ0n) is 8.56. The first-order valence-electron chi connectivity index (χ1n) is 4.72. The Morgan fingerprint density at radius 2 is 2.27 bits per heavy atom. The molecule has 0 saturated heterocycles. The number of aryl methyl sites for hydroxylation is 1. The fourth-order valence-electron chi connectivity index (χ4n) is 1.48. The zero-order valence-corrected chi connectivity index (χ0v) is 10.3. The molecule has 2 aromatic rings.